The van der Waals surface area contributed by atoms with E-state index in [0.717, 1.165) is 50.3 Å². The van der Waals surface area contributed by atoms with Crippen LogP contribution < -0.4 is 15.0 Å². The van der Waals surface area contributed by atoms with Gasteiger partial charge in [0.05, 0.1) is 12.8 Å². The highest BCUT2D eigenvalue weighted by Crippen LogP contribution is 2.30. The summed E-state index contributed by atoms with van der Waals surface area (Å²) < 4.78 is 5.47. The van der Waals surface area contributed by atoms with Gasteiger partial charge in [-0.2, -0.15) is 0 Å². The van der Waals surface area contributed by atoms with Gasteiger partial charge in [-0.1, -0.05) is 19.1 Å². The molecule has 0 radical (unpaired) electrons. The summed E-state index contributed by atoms with van der Waals surface area (Å²) in [6, 6.07) is 8.87. The van der Waals surface area contributed by atoms with Crippen LogP contribution in [0.2, 0.25) is 0 Å². The number of para-hydroxylation sites is 2. The number of nitrogens with one attached hydrogen (secondary N) is 1. The highest BCUT2D eigenvalue weighted by Gasteiger charge is 2.30. The second kappa shape index (κ2) is 7.98. The van der Waals surface area contributed by atoms with Crippen LogP contribution in [0.4, 0.5) is 10.5 Å². The number of hydrogen-bond donors (Lipinski definition) is 1. The first kappa shape index (κ1) is 17.9. The first-order chi connectivity index (χ1) is 12.1. The Morgan fingerprint density at radius 2 is 1.84 bits per heavy atom. The number of hydrogen-bond acceptors (Lipinski definition) is 3. The number of urea groups is 1. The van der Waals surface area contributed by atoms with Gasteiger partial charge >= 0.3 is 6.03 Å². The van der Waals surface area contributed by atoms with Gasteiger partial charge in [0.25, 0.3) is 0 Å². The predicted octanol–water partition coefficient (Wildman–Crippen LogP) is 3.49. The number of nitrogens with zero attached hydrogens (tertiary/aromatic N) is 2. The molecule has 2 atom stereocenters. The van der Waals surface area contributed by atoms with Crippen molar-refractivity contribution in [2.24, 2.45) is 5.92 Å². The van der Waals surface area contributed by atoms with E-state index in [1.807, 2.05) is 23.1 Å². The Morgan fingerprint density at radius 1 is 1.12 bits per heavy atom. The Balaban J connectivity index is 1.53. The number of rotatable bonds is 3. The molecule has 2 fully saturated rings. The Labute approximate surface area is 151 Å². The number of methoxy groups -OCH3 is 1. The molecule has 1 aromatic rings. The first-order valence-corrected chi connectivity index (χ1v) is 9.55. The molecule has 0 bridgehead atoms. The number of likely N-dealkylation sites (tertiary alicyclic amines) is 1. The number of ether oxygens (including phenoxy) is 1. The minimum absolute atomic E-state index is 0.120. The van der Waals surface area contributed by atoms with Crippen LogP contribution in [-0.4, -0.2) is 49.8 Å². The molecule has 1 aromatic carbocycles. The molecule has 3 rings (SSSR count). The van der Waals surface area contributed by atoms with E-state index < -0.39 is 0 Å². The number of benzene rings is 1. The summed E-state index contributed by atoms with van der Waals surface area (Å²) in [6.45, 7) is 7.19. The first-order valence-electron chi connectivity index (χ1n) is 9.55. The lowest BCUT2D eigenvalue weighted by Crippen LogP contribution is -2.54. The maximum Gasteiger partial charge on any atom is 0.317 e. The Bertz CT molecular complexity index is 584. The Hall–Kier alpha value is -1.91. The van der Waals surface area contributed by atoms with Gasteiger partial charge in [-0.15, -0.1) is 0 Å². The van der Waals surface area contributed by atoms with E-state index in [0.29, 0.717) is 12.0 Å². The van der Waals surface area contributed by atoms with Crippen molar-refractivity contribution in [1.82, 2.24) is 10.2 Å². The van der Waals surface area contributed by atoms with Crippen LogP contribution in [0, 0.1) is 5.92 Å². The molecule has 2 heterocycles. The van der Waals surface area contributed by atoms with Crippen LogP contribution in [0.25, 0.3) is 0 Å². The second-order valence-electron chi connectivity index (χ2n) is 7.44. The zero-order valence-corrected chi connectivity index (χ0v) is 15.7. The molecule has 2 amide bonds. The summed E-state index contributed by atoms with van der Waals surface area (Å²) >= 11 is 0. The third-order valence-corrected chi connectivity index (χ3v) is 5.88. The maximum atomic E-state index is 12.7. The van der Waals surface area contributed by atoms with Crippen LogP contribution in [0.5, 0.6) is 5.75 Å². The Morgan fingerprint density at radius 3 is 2.56 bits per heavy atom. The minimum atomic E-state index is 0.120. The summed E-state index contributed by atoms with van der Waals surface area (Å²) in [6.07, 6.45) is 4.29. The van der Waals surface area contributed by atoms with Crippen molar-refractivity contribution in [2.45, 2.75) is 51.6 Å². The number of carbonyl (C=O) groups is 1. The molecule has 5 nitrogen and oxygen atoms in total. The SMILES string of the molecule is COc1ccccc1N1CCC(NC(=O)N2CCCC(C)C2C)CC1. The molecule has 138 valence electrons. The molecule has 0 aliphatic carbocycles. The lowest BCUT2D eigenvalue weighted by atomic mass is 9.92. The third kappa shape index (κ3) is 4.02. The third-order valence-electron chi connectivity index (χ3n) is 5.88. The van der Waals surface area contributed by atoms with Crippen molar-refractivity contribution in [2.75, 3.05) is 31.6 Å². The van der Waals surface area contributed by atoms with Crippen molar-refractivity contribution in [3.63, 3.8) is 0 Å². The number of piperidine rings is 2. The van der Waals surface area contributed by atoms with Crippen molar-refractivity contribution >= 4 is 11.7 Å². The highest BCUT2D eigenvalue weighted by atomic mass is 16.5. The molecule has 2 aliphatic rings. The minimum Gasteiger partial charge on any atom is -0.495 e. The maximum absolute atomic E-state index is 12.7. The van der Waals surface area contributed by atoms with Gasteiger partial charge in [-0.25, -0.2) is 4.79 Å². The van der Waals surface area contributed by atoms with Gasteiger partial charge in [0.1, 0.15) is 5.75 Å². The quantitative estimate of drug-likeness (QED) is 0.912. The van der Waals surface area contributed by atoms with Crippen LogP contribution in [-0.2, 0) is 0 Å². The average molecular weight is 345 g/mol. The van der Waals surface area contributed by atoms with Crippen LogP contribution in [0.15, 0.2) is 24.3 Å². The molecule has 1 N–H and O–H groups in total. The van der Waals surface area contributed by atoms with E-state index in [1.54, 1.807) is 7.11 Å². The fourth-order valence-electron chi connectivity index (χ4n) is 4.04. The summed E-state index contributed by atoms with van der Waals surface area (Å²) in [5.74, 6) is 1.51. The van der Waals surface area contributed by atoms with Crippen molar-refractivity contribution in [3.05, 3.63) is 24.3 Å². The van der Waals surface area contributed by atoms with Crippen LogP contribution >= 0.6 is 0 Å². The molecule has 5 heteroatoms. The van der Waals surface area contributed by atoms with E-state index >= 15 is 0 Å². The molecule has 2 unspecified atom stereocenters. The van der Waals surface area contributed by atoms with E-state index in [2.05, 4.69) is 30.1 Å². The number of anilines is 1. The monoisotopic (exact) mass is 345 g/mol. The van der Waals surface area contributed by atoms with Crippen LogP contribution in [0.3, 0.4) is 0 Å². The molecule has 2 aliphatic heterocycles. The molecule has 0 saturated carbocycles. The van der Waals surface area contributed by atoms with Gasteiger partial charge in [-0.05, 0) is 50.7 Å². The predicted molar refractivity (Wildman–Crippen MR) is 101 cm³/mol. The lowest BCUT2D eigenvalue weighted by Gasteiger charge is -2.40. The van der Waals surface area contributed by atoms with E-state index in [1.165, 1.54) is 6.42 Å². The van der Waals surface area contributed by atoms with E-state index in [-0.39, 0.29) is 12.1 Å². The highest BCUT2D eigenvalue weighted by molar-refractivity contribution is 5.75. The van der Waals surface area contributed by atoms with Crippen LogP contribution in [0.1, 0.15) is 39.5 Å². The normalized spacial score (nSPS) is 24.9. The Kier molecular flexibility index (Phi) is 5.71. The largest absolute Gasteiger partial charge is 0.495 e. The summed E-state index contributed by atoms with van der Waals surface area (Å²) in [5, 5.41) is 3.27. The van der Waals surface area contributed by atoms with E-state index in [4.69, 9.17) is 4.74 Å². The zero-order valence-electron chi connectivity index (χ0n) is 15.7. The summed E-state index contributed by atoms with van der Waals surface area (Å²) in [5.41, 5.74) is 1.15. The molecule has 0 spiro atoms. The van der Waals surface area contributed by atoms with Gasteiger partial charge < -0.3 is 19.9 Å². The standard InChI is InChI=1S/C20H31N3O2/c1-15-7-6-12-23(16(15)2)20(24)21-17-10-13-22(14-11-17)18-8-4-5-9-19(18)25-3/h4-5,8-9,15-17H,6-7,10-14H2,1-3H3,(H,21,24). The van der Waals surface area contributed by atoms with Gasteiger partial charge in [0, 0.05) is 31.7 Å². The molecule has 25 heavy (non-hydrogen) atoms. The van der Waals surface area contributed by atoms with E-state index in [9.17, 15) is 4.79 Å². The summed E-state index contributed by atoms with van der Waals surface area (Å²) in [4.78, 5) is 17.0. The van der Waals surface area contributed by atoms with Crippen molar-refractivity contribution < 1.29 is 9.53 Å². The smallest absolute Gasteiger partial charge is 0.317 e. The summed E-state index contributed by atoms with van der Waals surface area (Å²) in [7, 11) is 1.71. The molecular weight excluding hydrogens is 314 g/mol. The lowest BCUT2D eigenvalue weighted by molar-refractivity contribution is 0.125. The zero-order chi connectivity index (χ0) is 17.8. The second-order valence-corrected chi connectivity index (χ2v) is 7.44. The van der Waals surface area contributed by atoms with Gasteiger partial charge in [-0.3, -0.25) is 0 Å². The molecule has 0 aromatic heterocycles. The molecule has 2 saturated heterocycles. The van der Waals surface area contributed by atoms with Crippen molar-refractivity contribution in [1.29, 1.82) is 0 Å². The fraction of sp³-hybridized carbons (Fsp3) is 0.650. The fourth-order valence-corrected chi connectivity index (χ4v) is 4.04. The molecular formula is C20H31N3O2. The number of carbonyl (C=O) groups excluding carboxylic acids is 1. The van der Waals surface area contributed by atoms with Gasteiger partial charge in [0.2, 0.25) is 0 Å². The number of amides is 2. The average Bonchev–Trinajstić information content (AvgIpc) is 2.64. The van der Waals surface area contributed by atoms with Gasteiger partial charge in [0.15, 0.2) is 0 Å². The topological polar surface area (TPSA) is 44.8 Å². The van der Waals surface area contributed by atoms with Crippen molar-refractivity contribution in [3.8, 4) is 5.75 Å².